The molecule has 2 aliphatic rings. The number of amides is 2. The number of hydrogen-bond acceptors (Lipinski definition) is 4. The number of rotatable bonds is 2. The Bertz CT molecular complexity index is 782. The Morgan fingerprint density at radius 1 is 1.32 bits per heavy atom. The predicted octanol–water partition coefficient (Wildman–Crippen LogP) is 4.77. The second-order valence-corrected chi connectivity index (χ2v) is 8.66. The number of anilines is 1. The van der Waals surface area contributed by atoms with Crippen molar-refractivity contribution in [2.24, 2.45) is 0 Å². The Kier molecular flexibility index (Phi) is 4.48. The zero-order valence-electron chi connectivity index (χ0n) is 15.8. The fraction of sp³-hybridized carbons (Fsp3) is 0.500. The van der Waals surface area contributed by atoms with Crippen molar-refractivity contribution in [2.75, 3.05) is 18.5 Å². The maximum absolute atomic E-state index is 12.4. The Labute approximate surface area is 154 Å². The third kappa shape index (κ3) is 2.99. The molecular weight excluding hydrogens is 332 g/mol. The molecule has 134 valence electrons. The van der Waals surface area contributed by atoms with Gasteiger partial charge in [0.05, 0.1) is 4.91 Å². The van der Waals surface area contributed by atoms with Gasteiger partial charge < -0.3 is 4.90 Å². The van der Waals surface area contributed by atoms with Crippen LogP contribution in [-0.2, 0) is 4.79 Å². The number of fused-ring (bicyclic) bond motifs is 1. The summed E-state index contributed by atoms with van der Waals surface area (Å²) in [5, 5.41) is -0.177. The predicted molar refractivity (Wildman–Crippen MR) is 105 cm³/mol. The van der Waals surface area contributed by atoms with Crippen molar-refractivity contribution in [1.82, 2.24) is 4.90 Å². The number of imide groups is 1. The summed E-state index contributed by atoms with van der Waals surface area (Å²) in [6.45, 7) is 11.1. The van der Waals surface area contributed by atoms with E-state index in [-0.39, 0.29) is 16.7 Å². The number of likely N-dealkylation sites (N-methyl/N-ethyl adjacent to an activating group) is 1. The average molecular weight is 359 g/mol. The van der Waals surface area contributed by atoms with Gasteiger partial charge in [-0.05, 0) is 86.7 Å². The summed E-state index contributed by atoms with van der Waals surface area (Å²) >= 11 is 1.04. The third-order valence-electron chi connectivity index (χ3n) is 5.50. The highest BCUT2D eigenvalue weighted by atomic mass is 32.2. The quantitative estimate of drug-likeness (QED) is 0.714. The molecule has 2 amide bonds. The minimum Gasteiger partial charge on any atom is -0.369 e. The van der Waals surface area contributed by atoms with Crippen molar-refractivity contribution in [3.63, 3.8) is 0 Å². The monoisotopic (exact) mass is 358 g/mol. The molecule has 0 aromatic heterocycles. The zero-order chi connectivity index (χ0) is 18.5. The highest BCUT2D eigenvalue weighted by Crippen LogP contribution is 2.44. The summed E-state index contributed by atoms with van der Waals surface area (Å²) in [6, 6.07) is 4.41. The molecule has 1 unspecified atom stereocenters. The van der Waals surface area contributed by atoms with E-state index in [0.29, 0.717) is 17.4 Å². The molecule has 1 aromatic carbocycles. The molecule has 0 aliphatic carbocycles. The lowest BCUT2D eigenvalue weighted by molar-refractivity contribution is -0.122. The standard InChI is InChI=1S/C20H26N2O2S/c1-7-22-18(23)17(25-19(22)24)10-14-9-15-13(3)11-20(4,5)21(6)16(15)8-12(14)2/h8-10,13H,7,11H2,1-6H3/b17-10+. The third-order valence-corrected chi connectivity index (χ3v) is 6.41. The summed E-state index contributed by atoms with van der Waals surface area (Å²) < 4.78 is 0. The number of aryl methyl sites for hydroxylation is 1. The van der Waals surface area contributed by atoms with Crippen LogP contribution in [0.15, 0.2) is 17.0 Å². The molecule has 4 nitrogen and oxygen atoms in total. The molecule has 1 aromatic rings. The van der Waals surface area contributed by atoms with Crippen LogP contribution in [0.4, 0.5) is 10.5 Å². The van der Waals surface area contributed by atoms with Crippen LogP contribution < -0.4 is 4.90 Å². The van der Waals surface area contributed by atoms with E-state index in [1.165, 1.54) is 16.2 Å². The maximum atomic E-state index is 12.4. The second-order valence-electron chi connectivity index (χ2n) is 7.67. The fourth-order valence-corrected chi connectivity index (χ4v) is 4.70. The van der Waals surface area contributed by atoms with E-state index >= 15 is 0 Å². The van der Waals surface area contributed by atoms with E-state index in [0.717, 1.165) is 29.3 Å². The molecule has 1 fully saturated rings. The van der Waals surface area contributed by atoms with E-state index in [9.17, 15) is 9.59 Å². The van der Waals surface area contributed by atoms with E-state index in [4.69, 9.17) is 0 Å². The highest BCUT2D eigenvalue weighted by Gasteiger charge is 2.36. The SMILES string of the molecule is CCN1C(=O)S/C(=C/c2cc3c(cc2C)N(C)C(C)(C)CC3C)C1=O. The number of hydrogen-bond donors (Lipinski definition) is 0. The Balaban J connectivity index is 2.04. The van der Waals surface area contributed by atoms with Gasteiger partial charge in [0.2, 0.25) is 0 Å². The normalized spacial score (nSPS) is 24.2. The van der Waals surface area contributed by atoms with Gasteiger partial charge in [0.25, 0.3) is 11.1 Å². The van der Waals surface area contributed by atoms with E-state index in [1.807, 2.05) is 13.0 Å². The lowest BCUT2D eigenvalue weighted by Gasteiger charge is -2.45. The van der Waals surface area contributed by atoms with Crippen LogP contribution in [0.25, 0.3) is 6.08 Å². The van der Waals surface area contributed by atoms with Gasteiger partial charge in [-0.1, -0.05) is 6.92 Å². The molecule has 1 saturated heterocycles. The summed E-state index contributed by atoms with van der Waals surface area (Å²) in [7, 11) is 2.15. The maximum Gasteiger partial charge on any atom is 0.293 e. The van der Waals surface area contributed by atoms with Crippen molar-refractivity contribution in [3.05, 3.63) is 33.7 Å². The second kappa shape index (κ2) is 6.20. The Hall–Kier alpha value is -1.75. The molecule has 2 heterocycles. The van der Waals surface area contributed by atoms with Crippen molar-refractivity contribution in [1.29, 1.82) is 0 Å². The topological polar surface area (TPSA) is 40.6 Å². The van der Waals surface area contributed by atoms with Crippen LogP contribution in [0.3, 0.4) is 0 Å². The molecule has 1 atom stereocenters. The number of benzene rings is 1. The number of nitrogens with zero attached hydrogens (tertiary/aromatic N) is 2. The van der Waals surface area contributed by atoms with Crippen LogP contribution in [0.1, 0.15) is 56.7 Å². The van der Waals surface area contributed by atoms with Gasteiger partial charge in [0, 0.05) is 24.8 Å². The summed E-state index contributed by atoms with van der Waals surface area (Å²) in [6.07, 6.45) is 2.97. The lowest BCUT2D eigenvalue weighted by atomic mass is 9.79. The van der Waals surface area contributed by atoms with Crippen LogP contribution in [0.5, 0.6) is 0 Å². The van der Waals surface area contributed by atoms with Crippen LogP contribution in [-0.4, -0.2) is 35.2 Å². The Morgan fingerprint density at radius 2 is 2.00 bits per heavy atom. The first-order valence-electron chi connectivity index (χ1n) is 8.79. The van der Waals surface area contributed by atoms with E-state index in [1.54, 1.807) is 0 Å². The number of carbonyl (C=O) groups excluding carboxylic acids is 2. The molecule has 0 bridgehead atoms. The van der Waals surface area contributed by atoms with Crippen molar-refractivity contribution < 1.29 is 9.59 Å². The van der Waals surface area contributed by atoms with Gasteiger partial charge >= 0.3 is 0 Å². The van der Waals surface area contributed by atoms with Gasteiger partial charge in [-0.15, -0.1) is 0 Å². The van der Waals surface area contributed by atoms with Gasteiger partial charge in [0.15, 0.2) is 0 Å². The van der Waals surface area contributed by atoms with Gasteiger partial charge in [0.1, 0.15) is 0 Å². The minimum atomic E-state index is -0.180. The average Bonchev–Trinajstić information content (AvgIpc) is 2.79. The smallest absolute Gasteiger partial charge is 0.293 e. The van der Waals surface area contributed by atoms with Crippen molar-refractivity contribution in [3.8, 4) is 0 Å². The highest BCUT2D eigenvalue weighted by molar-refractivity contribution is 8.18. The molecule has 0 saturated carbocycles. The first-order chi connectivity index (χ1) is 11.7. The van der Waals surface area contributed by atoms with Crippen molar-refractivity contribution >= 4 is 34.7 Å². The molecule has 2 aliphatic heterocycles. The number of carbonyl (C=O) groups is 2. The summed E-state index contributed by atoms with van der Waals surface area (Å²) in [5.74, 6) is 0.278. The summed E-state index contributed by atoms with van der Waals surface area (Å²) in [4.78, 5) is 28.4. The Morgan fingerprint density at radius 3 is 2.60 bits per heavy atom. The van der Waals surface area contributed by atoms with Crippen LogP contribution in [0, 0.1) is 6.92 Å². The van der Waals surface area contributed by atoms with Crippen molar-refractivity contribution in [2.45, 2.75) is 52.5 Å². The fourth-order valence-electron chi connectivity index (χ4n) is 3.80. The van der Waals surface area contributed by atoms with E-state index in [2.05, 4.69) is 51.8 Å². The van der Waals surface area contributed by atoms with Gasteiger partial charge in [-0.3, -0.25) is 14.5 Å². The zero-order valence-corrected chi connectivity index (χ0v) is 16.7. The lowest BCUT2D eigenvalue weighted by Crippen LogP contribution is -2.45. The largest absolute Gasteiger partial charge is 0.369 e. The minimum absolute atomic E-state index is 0.129. The molecule has 5 heteroatoms. The first kappa shape index (κ1) is 18.1. The molecule has 0 radical (unpaired) electrons. The molecule has 25 heavy (non-hydrogen) atoms. The molecule has 0 N–H and O–H groups in total. The van der Waals surface area contributed by atoms with Crippen LogP contribution in [0.2, 0.25) is 0 Å². The van der Waals surface area contributed by atoms with Gasteiger partial charge in [-0.25, -0.2) is 0 Å². The summed E-state index contributed by atoms with van der Waals surface area (Å²) in [5.41, 5.74) is 4.86. The van der Waals surface area contributed by atoms with Gasteiger partial charge in [-0.2, -0.15) is 0 Å². The number of thioether (sulfide) groups is 1. The first-order valence-corrected chi connectivity index (χ1v) is 9.61. The van der Waals surface area contributed by atoms with E-state index < -0.39 is 0 Å². The molecule has 3 rings (SSSR count). The molecular formula is C20H26N2O2S. The van der Waals surface area contributed by atoms with Crippen LogP contribution >= 0.6 is 11.8 Å². The molecule has 0 spiro atoms.